The van der Waals surface area contributed by atoms with Gasteiger partial charge in [0.25, 0.3) is 0 Å². The Hall–Kier alpha value is -1.31. The second-order valence-electron chi connectivity index (χ2n) is 4.65. The van der Waals surface area contributed by atoms with Gasteiger partial charge in [0, 0.05) is 11.6 Å². The predicted molar refractivity (Wildman–Crippen MR) is 59.6 cm³/mol. The van der Waals surface area contributed by atoms with E-state index in [1.54, 1.807) is 0 Å². The van der Waals surface area contributed by atoms with E-state index in [4.69, 9.17) is 0 Å². The monoisotopic (exact) mass is 201 g/mol. The number of benzene rings is 1. The topological polar surface area (TPSA) is 29.1 Å². The van der Waals surface area contributed by atoms with Gasteiger partial charge in [-0.3, -0.25) is 4.79 Å². The first-order chi connectivity index (χ1) is 7.34. The van der Waals surface area contributed by atoms with Gasteiger partial charge in [0.1, 0.15) is 0 Å². The first kappa shape index (κ1) is 8.96. The lowest BCUT2D eigenvalue weighted by molar-refractivity contribution is -0.120. The lowest BCUT2D eigenvalue weighted by Crippen LogP contribution is -2.23. The lowest BCUT2D eigenvalue weighted by atomic mass is 9.90. The quantitative estimate of drug-likeness (QED) is 0.686. The van der Waals surface area contributed by atoms with Crippen LogP contribution in [0.2, 0.25) is 0 Å². The molecule has 1 amide bonds. The van der Waals surface area contributed by atoms with Gasteiger partial charge < -0.3 is 5.32 Å². The van der Waals surface area contributed by atoms with Crippen LogP contribution in [0, 0.1) is 11.8 Å². The molecule has 78 valence electrons. The molecule has 0 bridgehead atoms. The third kappa shape index (κ3) is 1.44. The molecule has 0 radical (unpaired) electrons. The predicted octanol–water partition coefficient (Wildman–Crippen LogP) is 2.60. The molecule has 0 saturated heterocycles. The van der Waals surface area contributed by atoms with Crippen LogP contribution in [0.4, 0.5) is 5.69 Å². The lowest BCUT2D eigenvalue weighted by Gasteiger charge is -2.13. The fraction of sp³-hybridized carbons (Fsp3) is 0.462. The van der Waals surface area contributed by atoms with Crippen molar-refractivity contribution in [3.8, 4) is 0 Å². The summed E-state index contributed by atoms with van der Waals surface area (Å²) in [6.07, 6.45) is 4.57. The van der Waals surface area contributed by atoms with E-state index in [-0.39, 0.29) is 11.8 Å². The number of nitrogens with one attached hydrogen (secondary N) is 1. The van der Waals surface area contributed by atoms with Gasteiger partial charge in [-0.2, -0.15) is 0 Å². The van der Waals surface area contributed by atoms with E-state index >= 15 is 0 Å². The van der Waals surface area contributed by atoms with Crippen molar-refractivity contribution in [2.75, 3.05) is 5.32 Å². The molecule has 1 fully saturated rings. The van der Waals surface area contributed by atoms with Gasteiger partial charge in [-0.1, -0.05) is 24.6 Å². The van der Waals surface area contributed by atoms with Crippen LogP contribution >= 0.6 is 0 Å². The summed E-state index contributed by atoms with van der Waals surface area (Å²) in [6, 6.07) is 8.19. The summed E-state index contributed by atoms with van der Waals surface area (Å²) in [6.45, 7) is 0. The van der Waals surface area contributed by atoms with Gasteiger partial charge >= 0.3 is 0 Å². The molecule has 1 aliphatic heterocycles. The Labute approximate surface area is 89.7 Å². The number of rotatable bonds is 0. The summed E-state index contributed by atoms with van der Waals surface area (Å²) in [7, 11) is 0. The maximum absolute atomic E-state index is 11.9. The molecule has 2 unspecified atom stereocenters. The van der Waals surface area contributed by atoms with Gasteiger partial charge in [0.2, 0.25) is 5.91 Å². The highest BCUT2D eigenvalue weighted by Crippen LogP contribution is 2.38. The van der Waals surface area contributed by atoms with Crippen molar-refractivity contribution in [2.24, 2.45) is 11.8 Å². The van der Waals surface area contributed by atoms with E-state index in [9.17, 15) is 4.79 Å². The van der Waals surface area contributed by atoms with Crippen molar-refractivity contribution in [2.45, 2.75) is 25.7 Å². The number of hydrogen-bond acceptors (Lipinski definition) is 1. The third-order valence-corrected chi connectivity index (χ3v) is 3.75. The highest BCUT2D eigenvalue weighted by Gasteiger charge is 2.35. The summed E-state index contributed by atoms with van der Waals surface area (Å²) in [5, 5.41) is 3.05. The smallest absolute Gasteiger partial charge is 0.227 e. The van der Waals surface area contributed by atoms with E-state index in [0.717, 1.165) is 18.5 Å². The second kappa shape index (κ2) is 3.37. The summed E-state index contributed by atoms with van der Waals surface area (Å²) in [5.74, 6) is 1.08. The highest BCUT2D eigenvalue weighted by atomic mass is 16.1. The molecular formula is C13H15NO. The first-order valence-corrected chi connectivity index (χ1v) is 5.73. The van der Waals surface area contributed by atoms with Crippen molar-refractivity contribution < 1.29 is 4.79 Å². The molecule has 2 nitrogen and oxygen atoms in total. The zero-order chi connectivity index (χ0) is 10.3. The molecular weight excluding hydrogens is 186 g/mol. The van der Waals surface area contributed by atoms with E-state index in [0.29, 0.717) is 5.92 Å². The molecule has 1 aromatic rings. The van der Waals surface area contributed by atoms with Crippen LogP contribution in [0.25, 0.3) is 0 Å². The van der Waals surface area contributed by atoms with Crippen molar-refractivity contribution in [3.05, 3.63) is 29.8 Å². The van der Waals surface area contributed by atoms with E-state index < -0.39 is 0 Å². The maximum Gasteiger partial charge on any atom is 0.227 e. The molecule has 3 rings (SSSR count). The number of carbonyl (C=O) groups is 1. The zero-order valence-corrected chi connectivity index (χ0v) is 8.70. The standard InChI is InChI=1S/C13H15NO/c15-13-11-6-3-5-9(11)8-10-4-1-2-7-12(10)14-13/h1-2,4,7,9,11H,3,5-6,8H2,(H,14,15). The molecule has 2 heteroatoms. The number of anilines is 1. The molecule has 1 heterocycles. The Kier molecular flexibility index (Phi) is 2.01. The number of carbonyl (C=O) groups excluding carboxylic acids is 1. The summed E-state index contributed by atoms with van der Waals surface area (Å²) in [5.41, 5.74) is 2.33. The number of hydrogen-bond donors (Lipinski definition) is 1. The van der Waals surface area contributed by atoms with Gasteiger partial charge in [-0.05, 0) is 36.8 Å². The highest BCUT2D eigenvalue weighted by molar-refractivity contribution is 5.94. The van der Waals surface area contributed by atoms with Gasteiger partial charge in [0.05, 0.1) is 0 Å². The Morgan fingerprint density at radius 2 is 2.07 bits per heavy atom. The normalized spacial score (nSPS) is 28.9. The minimum Gasteiger partial charge on any atom is -0.326 e. The molecule has 1 aliphatic carbocycles. The van der Waals surface area contributed by atoms with Crippen LogP contribution in [0.1, 0.15) is 24.8 Å². The van der Waals surface area contributed by atoms with Crippen molar-refractivity contribution >= 4 is 11.6 Å². The van der Waals surface area contributed by atoms with Crippen molar-refractivity contribution in [1.29, 1.82) is 0 Å². The van der Waals surface area contributed by atoms with Crippen LogP contribution in [0.15, 0.2) is 24.3 Å². The van der Waals surface area contributed by atoms with Crippen LogP contribution < -0.4 is 5.32 Å². The summed E-state index contributed by atoms with van der Waals surface area (Å²) >= 11 is 0. The number of para-hydroxylation sites is 1. The van der Waals surface area contributed by atoms with E-state index in [1.165, 1.54) is 18.4 Å². The Balaban J connectivity index is 2.00. The first-order valence-electron chi connectivity index (χ1n) is 5.73. The van der Waals surface area contributed by atoms with Crippen LogP contribution in [0.5, 0.6) is 0 Å². The average Bonchev–Trinajstić information content (AvgIpc) is 2.64. The van der Waals surface area contributed by atoms with Gasteiger partial charge in [-0.25, -0.2) is 0 Å². The molecule has 1 aromatic carbocycles. The Morgan fingerprint density at radius 1 is 1.20 bits per heavy atom. The van der Waals surface area contributed by atoms with Crippen LogP contribution in [-0.2, 0) is 11.2 Å². The Morgan fingerprint density at radius 3 is 3.00 bits per heavy atom. The van der Waals surface area contributed by atoms with Crippen molar-refractivity contribution in [3.63, 3.8) is 0 Å². The van der Waals surface area contributed by atoms with Crippen molar-refractivity contribution in [1.82, 2.24) is 0 Å². The summed E-state index contributed by atoms with van der Waals surface area (Å²) < 4.78 is 0. The van der Waals surface area contributed by atoms with Crippen LogP contribution in [-0.4, -0.2) is 5.91 Å². The second-order valence-corrected chi connectivity index (χ2v) is 4.65. The largest absolute Gasteiger partial charge is 0.326 e. The maximum atomic E-state index is 11.9. The molecule has 1 N–H and O–H groups in total. The van der Waals surface area contributed by atoms with Crippen LogP contribution in [0.3, 0.4) is 0 Å². The molecule has 0 aromatic heterocycles. The van der Waals surface area contributed by atoms with Gasteiger partial charge in [-0.15, -0.1) is 0 Å². The van der Waals surface area contributed by atoms with E-state index in [1.807, 2.05) is 12.1 Å². The molecule has 2 atom stereocenters. The molecule has 0 spiro atoms. The molecule has 2 aliphatic rings. The SMILES string of the molecule is O=C1Nc2ccccc2CC2CCCC12. The molecule has 1 saturated carbocycles. The number of amides is 1. The summed E-state index contributed by atoms with van der Waals surface area (Å²) in [4.78, 5) is 11.9. The van der Waals surface area contributed by atoms with E-state index in [2.05, 4.69) is 17.4 Å². The Bertz CT molecular complexity index is 399. The third-order valence-electron chi connectivity index (χ3n) is 3.75. The fourth-order valence-corrected chi connectivity index (χ4v) is 2.95. The minimum absolute atomic E-state index is 0.238. The minimum atomic E-state index is 0.238. The van der Waals surface area contributed by atoms with Gasteiger partial charge in [0.15, 0.2) is 0 Å². The molecule has 15 heavy (non-hydrogen) atoms. The average molecular weight is 201 g/mol. The zero-order valence-electron chi connectivity index (χ0n) is 8.70. The fourth-order valence-electron chi connectivity index (χ4n) is 2.95. The number of fused-ring (bicyclic) bond motifs is 2.